The highest BCUT2D eigenvalue weighted by Crippen LogP contribution is 2.20. The Labute approximate surface area is 90.3 Å². The molecule has 1 N–H and O–H groups in total. The van der Waals surface area contributed by atoms with Crippen molar-refractivity contribution in [2.24, 2.45) is 5.92 Å². The molecule has 0 aliphatic carbocycles. The van der Waals surface area contributed by atoms with E-state index < -0.39 is 0 Å². The average molecular weight is 203 g/mol. The molecule has 1 aromatic heterocycles. The van der Waals surface area contributed by atoms with Crippen molar-refractivity contribution in [3.8, 4) is 0 Å². The molecule has 0 unspecified atom stereocenters. The van der Waals surface area contributed by atoms with Crippen LogP contribution in [-0.2, 0) is 6.54 Å². The molecule has 0 aliphatic rings. The minimum absolute atomic E-state index is 0.683. The highest BCUT2D eigenvalue weighted by atomic mass is 16.3. The van der Waals surface area contributed by atoms with Crippen molar-refractivity contribution in [1.82, 2.24) is 5.32 Å². The molecule has 0 saturated heterocycles. The second kappa shape index (κ2) is 4.49. The lowest BCUT2D eigenvalue weighted by atomic mass is 10.1. The van der Waals surface area contributed by atoms with Gasteiger partial charge in [0.2, 0.25) is 0 Å². The first kappa shape index (κ1) is 10.2. The molecule has 15 heavy (non-hydrogen) atoms. The van der Waals surface area contributed by atoms with Crippen molar-refractivity contribution in [1.29, 1.82) is 0 Å². The summed E-state index contributed by atoms with van der Waals surface area (Å²) in [4.78, 5) is 0. The van der Waals surface area contributed by atoms with E-state index in [0.717, 1.165) is 18.7 Å². The van der Waals surface area contributed by atoms with E-state index in [1.165, 1.54) is 10.9 Å². The lowest BCUT2D eigenvalue weighted by Gasteiger charge is -2.05. The highest BCUT2D eigenvalue weighted by Gasteiger charge is 2.04. The number of nitrogens with one attached hydrogen (secondary N) is 1. The predicted molar refractivity (Wildman–Crippen MR) is 62.8 cm³/mol. The van der Waals surface area contributed by atoms with Gasteiger partial charge < -0.3 is 9.73 Å². The number of benzene rings is 1. The van der Waals surface area contributed by atoms with Crippen molar-refractivity contribution in [2.45, 2.75) is 20.4 Å². The van der Waals surface area contributed by atoms with E-state index in [9.17, 15) is 0 Å². The Kier molecular flexibility index (Phi) is 3.07. The lowest BCUT2D eigenvalue weighted by Crippen LogP contribution is -2.18. The Morgan fingerprint density at radius 1 is 1.27 bits per heavy atom. The first-order valence-electron chi connectivity index (χ1n) is 5.43. The summed E-state index contributed by atoms with van der Waals surface area (Å²) in [6.07, 6.45) is 1.85. The van der Waals surface area contributed by atoms with Crippen LogP contribution in [0.4, 0.5) is 0 Å². The van der Waals surface area contributed by atoms with Crippen LogP contribution < -0.4 is 5.32 Å². The molecule has 2 rings (SSSR count). The van der Waals surface area contributed by atoms with Gasteiger partial charge in [-0.25, -0.2) is 0 Å². The fraction of sp³-hybridized carbons (Fsp3) is 0.385. The largest absolute Gasteiger partial charge is 0.464 e. The number of hydrogen-bond donors (Lipinski definition) is 1. The zero-order valence-electron chi connectivity index (χ0n) is 9.29. The van der Waals surface area contributed by atoms with E-state index in [1.54, 1.807) is 0 Å². The molecule has 0 radical (unpaired) electrons. The van der Waals surface area contributed by atoms with Gasteiger partial charge >= 0.3 is 0 Å². The van der Waals surface area contributed by atoms with E-state index in [-0.39, 0.29) is 0 Å². The van der Waals surface area contributed by atoms with Gasteiger partial charge in [0.05, 0.1) is 6.26 Å². The smallest absolute Gasteiger partial charge is 0.134 e. The molecule has 2 aromatic rings. The summed E-state index contributed by atoms with van der Waals surface area (Å²) in [5, 5.41) is 4.64. The highest BCUT2D eigenvalue weighted by molar-refractivity contribution is 5.80. The summed E-state index contributed by atoms with van der Waals surface area (Å²) in [7, 11) is 0. The van der Waals surface area contributed by atoms with Crippen LogP contribution in [0.1, 0.15) is 19.4 Å². The van der Waals surface area contributed by atoms with Gasteiger partial charge in [-0.15, -0.1) is 0 Å². The molecule has 0 amide bonds. The molecular formula is C13H17NO. The molecule has 1 heterocycles. The maximum Gasteiger partial charge on any atom is 0.134 e. The third kappa shape index (κ3) is 2.39. The monoisotopic (exact) mass is 203 g/mol. The number of para-hydroxylation sites is 1. The fourth-order valence-electron chi connectivity index (χ4n) is 1.67. The Morgan fingerprint density at radius 2 is 2.07 bits per heavy atom. The summed E-state index contributed by atoms with van der Waals surface area (Å²) in [6.45, 7) is 6.34. The van der Waals surface area contributed by atoms with Crippen LogP contribution in [0.25, 0.3) is 11.0 Å². The van der Waals surface area contributed by atoms with Crippen LogP contribution in [0.2, 0.25) is 0 Å². The van der Waals surface area contributed by atoms with E-state index in [0.29, 0.717) is 5.92 Å². The quantitative estimate of drug-likeness (QED) is 0.825. The standard InChI is InChI=1S/C13H17NO/c1-10(2)7-14-8-11-9-15-13-6-4-3-5-12(11)13/h3-6,9-10,14H,7-8H2,1-2H3. The van der Waals surface area contributed by atoms with Gasteiger partial charge in [-0.05, 0) is 18.5 Å². The second-order valence-electron chi connectivity index (χ2n) is 4.28. The number of rotatable bonds is 4. The third-order valence-electron chi connectivity index (χ3n) is 2.43. The third-order valence-corrected chi connectivity index (χ3v) is 2.43. The Bertz CT molecular complexity index is 431. The van der Waals surface area contributed by atoms with Crippen LogP contribution >= 0.6 is 0 Å². The minimum atomic E-state index is 0.683. The first-order valence-corrected chi connectivity index (χ1v) is 5.43. The van der Waals surface area contributed by atoms with Crippen molar-refractivity contribution < 1.29 is 4.42 Å². The summed E-state index contributed by atoms with van der Waals surface area (Å²) < 4.78 is 5.47. The van der Waals surface area contributed by atoms with Gasteiger partial charge in [0.15, 0.2) is 0 Å². The van der Waals surface area contributed by atoms with Gasteiger partial charge in [0.25, 0.3) is 0 Å². The molecule has 2 nitrogen and oxygen atoms in total. The second-order valence-corrected chi connectivity index (χ2v) is 4.28. The lowest BCUT2D eigenvalue weighted by molar-refractivity contribution is 0.547. The molecule has 80 valence electrons. The molecule has 0 aliphatic heterocycles. The number of fused-ring (bicyclic) bond motifs is 1. The molecule has 0 fully saturated rings. The summed E-state index contributed by atoms with van der Waals surface area (Å²) in [6, 6.07) is 8.15. The van der Waals surface area contributed by atoms with Crippen LogP contribution in [0.15, 0.2) is 34.9 Å². The normalized spacial score (nSPS) is 11.4. The zero-order chi connectivity index (χ0) is 10.7. The van der Waals surface area contributed by atoms with Gasteiger partial charge in [-0.1, -0.05) is 32.0 Å². The number of hydrogen-bond acceptors (Lipinski definition) is 2. The Morgan fingerprint density at radius 3 is 2.87 bits per heavy atom. The van der Waals surface area contributed by atoms with E-state index in [1.807, 2.05) is 24.5 Å². The van der Waals surface area contributed by atoms with Gasteiger partial charge in [0.1, 0.15) is 5.58 Å². The van der Waals surface area contributed by atoms with Crippen LogP contribution in [0, 0.1) is 5.92 Å². The molecular weight excluding hydrogens is 186 g/mol. The van der Waals surface area contributed by atoms with Gasteiger partial charge in [-0.3, -0.25) is 0 Å². The minimum Gasteiger partial charge on any atom is -0.464 e. The average Bonchev–Trinajstić information content (AvgIpc) is 2.62. The Balaban J connectivity index is 2.08. The van der Waals surface area contributed by atoms with Crippen molar-refractivity contribution in [2.75, 3.05) is 6.54 Å². The predicted octanol–water partition coefficient (Wildman–Crippen LogP) is 3.18. The van der Waals surface area contributed by atoms with Crippen LogP contribution in [0.5, 0.6) is 0 Å². The van der Waals surface area contributed by atoms with Gasteiger partial charge in [-0.2, -0.15) is 0 Å². The van der Waals surface area contributed by atoms with Crippen molar-refractivity contribution >= 4 is 11.0 Å². The van der Waals surface area contributed by atoms with E-state index in [2.05, 4.69) is 25.2 Å². The van der Waals surface area contributed by atoms with Crippen LogP contribution in [-0.4, -0.2) is 6.54 Å². The first-order chi connectivity index (χ1) is 7.27. The van der Waals surface area contributed by atoms with Crippen molar-refractivity contribution in [3.63, 3.8) is 0 Å². The zero-order valence-corrected chi connectivity index (χ0v) is 9.29. The molecule has 0 saturated carbocycles. The molecule has 0 spiro atoms. The number of furan rings is 1. The molecule has 0 atom stereocenters. The van der Waals surface area contributed by atoms with Crippen LogP contribution in [0.3, 0.4) is 0 Å². The molecule has 1 aromatic carbocycles. The SMILES string of the molecule is CC(C)CNCc1coc2ccccc12. The Hall–Kier alpha value is -1.28. The fourth-order valence-corrected chi connectivity index (χ4v) is 1.67. The van der Waals surface area contributed by atoms with Gasteiger partial charge in [0, 0.05) is 17.5 Å². The maximum atomic E-state index is 5.47. The summed E-state index contributed by atoms with van der Waals surface area (Å²) in [5.41, 5.74) is 2.21. The van der Waals surface area contributed by atoms with E-state index >= 15 is 0 Å². The topological polar surface area (TPSA) is 25.2 Å². The molecule has 0 bridgehead atoms. The van der Waals surface area contributed by atoms with Crippen molar-refractivity contribution in [3.05, 3.63) is 36.1 Å². The maximum absolute atomic E-state index is 5.47. The molecule has 2 heteroatoms. The summed E-state index contributed by atoms with van der Waals surface area (Å²) in [5.74, 6) is 0.683. The van der Waals surface area contributed by atoms with E-state index in [4.69, 9.17) is 4.42 Å². The summed E-state index contributed by atoms with van der Waals surface area (Å²) >= 11 is 0.